The van der Waals surface area contributed by atoms with Gasteiger partial charge in [-0.25, -0.2) is 0 Å². The summed E-state index contributed by atoms with van der Waals surface area (Å²) in [5.41, 5.74) is 0. The van der Waals surface area contributed by atoms with Gasteiger partial charge in [0.2, 0.25) is 5.91 Å². The summed E-state index contributed by atoms with van der Waals surface area (Å²) in [6.07, 6.45) is 2.13. The van der Waals surface area contributed by atoms with Crippen molar-refractivity contribution < 1.29 is 4.79 Å². The van der Waals surface area contributed by atoms with E-state index in [1.54, 1.807) is 0 Å². The molecule has 0 aliphatic rings. The molecule has 0 aliphatic carbocycles. The third kappa shape index (κ3) is 9.39. The Morgan fingerprint density at radius 1 is 0.875 bits per heavy atom. The summed E-state index contributed by atoms with van der Waals surface area (Å²) < 4.78 is 0. The van der Waals surface area contributed by atoms with E-state index in [4.69, 9.17) is 0 Å². The van der Waals surface area contributed by atoms with Crippen molar-refractivity contribution in [1.82, 2.24) is 5.32 Å². The van der Waals surface area contributed by atoms with Gasteiger partial charge in [-0.05, 0) is 35.9 Å². The number of thiol groups is 1. The second-order valence-electron chi connectivity index (χ2n) is 8.80. The summed E-state index contributed by atoms with van der Waals surface area (Å²) in [4.78, 5) is 12.4. The average Bonchev–Trinajstić information content (AvgIpc) is 2.46. The molecule has 24 heavy (non-hydrogen) atoms. The van der Waals surface area contributed by atoms with E-state index in [0.717, 1.165) is 6.42 Å². The molecule has 1 N–H and O–H groups in total. The van der Waals surface area contributed by atoms with E-state index in [-0.39, 0.29) is 23.0 Å². The van der Waals surface area contributed by atoms with Gasteiger partial charge in [-0.3, -0.25) is 4.79 Å². The quantitative estimate of drug-likeness (QED) is 0.279. The smallest absolute Gasteiger partial charge is 0.223 e. The van der Waals surface area contributed by atoms with Crippen LogP contribution < -0.4 is 5.32 Å². The molecule has 2 nitrogen and oxygen atoms in total. The van der Waals surface area contributed by atoms with Crippen molar-refractivity contribution >= 4 is 25.8 Å². The lowest BCUT2D eigenvalue weighted by Crippen LogP contribution is -2.39. The fourth-order valence-electron chi connectivity index (χ4n) is 2.92. The second kappa shape index (κ2) is 11.5. The molecule has 0 saturated carbocycles. The predicted molar refractivity (Wildman–Crippen MR) is 112 cm³/mol. The summed E-state index contributed by atoms with van der Waals surface area (Å²) in [6, 6.07) is 0. The topological polar surface area (TPSA) is 29.1 Å². The molecule has 0 spiro atoms. The monoisotopic (exact) mass is 354 g/mol. The highest BCUT2D eigenvalue weighted by Gasteiger charge is 2.24. The third-order valence-electron chi connectivity index (χ3n) is 5.61. The Hall–Kier alpha value is -0.115. The average molecular weight is 354 g/mol. The third-order valence-corrected chi connectivity index (χ3v) is 6.21. The van der Waals surface area contributed by atoms with Gasteiger partial charge in [0.15, 0.2) is 0 Å². The zero-order chi connectivity index (χ0) is 19.0. The maximum atomic E-state index is 12.4. The van der Waals surface area contributed by atoms with E-state index in [1.165, 1.54) is 6.42 Å². The van der Waals surface area contributed by atoms with E-state index in [0.29, 0.717) is 29.5 Å². The molecule has 0 heterocycles. The van der Waals surface area contributed by atoms with Crippen molar-refractivity contribution in [3.8, 4) is 0 Å². The van der Waals surface area contributed by atoms with Gasteiger partial charge in [-0.1, -0.05) is 74.6 Å². The maximum absolute atomic E-state index is 12.4. The Kier molecular flexibility index (Phi) is 11.4. The number of hydrogen-bond acceptors (Lipinski definition) is 2. The van der Waals surface area contributed by atoms with Crippen LogP contribution in [0.15, 0.2) is 0 Å². The minimum Gasteiger partial charge on any atom is -0.345 e. The van der Waals surface area contributed by atoms with Crippen LogP contribution in [0.3, 0.4) is 0 Å². The molecule has 6 atom stereocenters. The maximum Gasteiger partial charge on any atom is 0.223 e. The van der Waals surface area contributed by atoms with E-state index >= 15 is 0 Å². The van der Waals surface area contributed by atoms with Crippen LogP contribution in [0.2, 0.25) is 11.6 Å². The SMILES string of the molecule is CC([B]C(C)C(S)NC(=O)C(C)CC(C)C(C)C)CC(C)C(C)C. The fraction of sp³-hybridized carbons (Fsp3) is 0.950. The normalized spacial score (nSPS) is 19.5. The summed E-state index contributed by atoms with van der Waals surface area (Å²) in [6.45, 7) is 20.0. The van der Waals surface area contributed by atoms with Crippen molar-refractivity contribution in [1.29, 1.82) is 0 Å². The van der Waals surface area contributed by atoms with Gasteiger partial charge >= 0.3 is 0 Å². The van der Waals surface area contributed by atoms with E-state index < -0.39 is 0 Å². The molecule has 0 aromatic heterocycles. The van der Waals surface area contributed by atoms with Crippen molar-refractivity contribution in [3.05, 3.63) is 0 Å². The van der Waals surface area contributed by atoms with Gasteiger partial charge < -0.3 is 5.32 Å². The molecular weight excluding hydrogens is 313 g/mol. The molecule has 0 aliphatic heterocycles. The number of rotatable bonds is 11. The first-order valence-electron chi connectivity index (χ1n) is 9.79. The van der Waals surface area contributed by atoms with Gasteiger partial charge in [-0.2, -0.15) is 12.6 Å². The fourth-order valence-corrected chi connectivity index (χ4v) is 3.14. The number of hydrogen-bond donors (Lipinski definition) is 2. The van der Waals surface area contributed by atoms with Gasteiger partial charge in [0, 0.05) is 5.92 Å². The molecule has 4 heteroatoms. The standard InChI is InChI=1S/C20H41BNOS/c1-12(2)14(5)10-16(7)19(23)22-20(24)18(9)21-17(8)11-15(6)13(3)4/h12-18,20,24H,10-11H2,1-9H3,(H,22,23). The molecule has 141 valence electrons. The minimum atomic E-state index is -0.105. The van der Waals surface area contributed by atoms with E-state index in [9.17, 15) is 4.79 Å². The number of nitrogens with one attached hydrogen (secondary N) is 1. The molecule has 1 radical (unpaired) electrons. The highest BCUT2D eigenvalue weighted by molar-refractivity contribution is 7.81. The molecule has 1 amide bonds. The van der Waals surface area contributed by atoms with Gasteiger partial charge in [0.25, 0.3) is 0 Å². The minimum absolute atomic E-state index is 0.0441. The van der Waals surface area contributed by atoms with Crippen molar-refractivity contribution in [3.63, 3.8) is 0 Å². The van der Waals surface area contributed by atoms with Crippen molar-refractivity contribution in [2.24, 2.45) is 29.6 Å². The highest BCUT2D eigenvalue weighted by Crippen LogP contribution is 2.27. The lowest BCUT2D eigenvalue weighted by molar-refractivity contribution is -0.125. The Morgan fingerprint density at radius 3 is 1.79 bits per heavy atom. The lowest BCUT2D eigenvalue weighted by atomic mass is 9.53. The predicted octanol–water partition coefficient (Wildman–Crippen LogP) is 5.68. The first-order valence-corrected chi connectivity index (χ1v) is 10.3. The first-order chi connectivity index (χ1) is 11.0. The Morgan fingerprint density at radius 2 is 1.33 bits per heavy atom. The van der Waals surface area contributed by atoms with Gasteiger partial charge in [0.05, 0.1) is 5.37 Å². The van der Waals surface area contributed by atoms with Crippen molar-refractivity contribution in [2.45, 2.75) is 92.2 Å². The molecule has 0 saturated heterocycles. The molecule has 0 aromatic rings. The zero-order valence-corrected chi connectivity index (χ0v) is 18.4. The Labute approximate surface area is 158 Å². The second-order valence-corrected chi connectivity index (χ2v) is 9.35. The van der Waals surface area contributed by atoms with E-state index in [2.05, 4.69) is 80.6 Å². The van der Waals surface area contributed by atoms with Gasteiger partial charge in [-0.15, -0.1) is 0 Å². The summed E-state index contributed by atoms with van der Waals surface area (Å²) in [7, 11) is 2.35. The van der Waals surface area contributed by atoms with Crippen LogP contribution >= 0.6 is 12.6 Å². The molecule has 6 unspecified atom stereocenters. The first kappa shape index (κ1) is 23.9. The Balaban J connectivity index is 4.33. The zero-order valence-electron chi connectivity index (χ0n) is 17.5. The molecular formula is C20H41BNOS. The van der Waals surface area contributed by atoms with Crippen LogP contribution in [0.25, 0.3) is 0 Å². The summed E-state index contributed by atoms with van der Waals surface area (Å²) in [5, 5.41) is 2.99. The van der Waals surface area contributed by atoms with Crippen LogP contribution in [0.5, 0.6) is 0 Å². The van der Waals surface area contributed by atoms with Crippen LogP contribution in [-0.4, -0.2) is 18.6 Å². The van der Waals surface area contributed by atoms with Crippen LogP contribution in [-0.2, 0) is 4.79 Å². The number of amides is 1. The van der Waals surface area contributed by atoms with E-state index in [1.807, 2.05) is 6.92 Å². The molecule has 0 aromatic carbocycles. The highest BCUT2D eigenvalue weighted by atomic mass is 32.1. The van der Waals surface area contributed by atoms with Crippen LogP contribution in [0.4, 0.5) is 0 Å². The Bertz CT molecular complexity index is 362. The number of carbonyl (C=O) groups is 1. The van der Waals surface area contributed by atoms with Gasteiger partial charge in [0.1, 0.15) is 7.28 Å². The number of carbonyl (C=O) groups excluding carboxylic acids is 1. The molecule has 0 fully saturated rings. The molecule has 0 bridgehead atoms. The molecule has 0 rings (SSSR count). The van der Waals surface area contributed by atoms with Crippen LogP contribution in [0.1, 0.15) is 75.2 Å². The summed E-state index contributed by atoms with van der Waals surface area (Å²) in [5.74, 6) is 3.59. The van der Waals surface area contributed by atoms with Crippen LogP contribution in [0, 0.1) is 29.6 Å². The summed E-state index contributed by atoms with van der Waals surface area (Å²) >= 11 is 4.63. The van der Waals surface area contributed by atoms with Crippen molar-refractivity contribution in [2.75, 3.05) is 0 Å². The lowest BCUT2D eigenvalue weighted by Gasteiger charge is -2.27. The largest absolute Gasteiger partial charge is 0.345 e.